The molecule has 0 saturated heterocycles. The molecule has 4 nitrogen and oxygen atoms in total. The van der Waals surface area contributed by atoms with Crippen molar-refractivity contribution in [2.45, 2.75) is 62.6 Å². The predicted octanol–water partition coefficient (Wildman–Crippen LogP) is 0.0415. The summed E-state index contributed by atoms with van der Waals surface area (Å²) in [5, 5.41) is 0. The molecule has 1 fully saturated rings. The number of hydrogen-bond acceptors (Lipinski definition) is 4. The van der Waals surface area contributed by atoms with Crippen LogP contribution in [0.15, 0.2) is 0 Å². The molecule has 1 aliphatic rings. The molecule has 0 heterocycles. The molecule has 0 amide bonds. The van der Waals surface area contributed by atoms with Gasteiger partial charge in [-0.1, -0.05) is 19.3 Å². The first-order valence-corrected chi connectivity index (χ1v) is 6.11. The summed E-state index contributed by atoms with van der Waals surface area (Å²) >= 11 is 0. The van der Waals surface area contributed by atoms with Gasteiger partial charge in [-0.05, 0) is 32.2 Å². The standard InChI is InChI=1S/C11H26N4/c12-8-4-2-6-10(14)11(15)7-3-1-5-9(11)13/h9-10H,1-8,12-15H2. The van der Waals surface area contributed by atoms with Gasteiger partial charge in [0, 0.05) is 17.6 Å². The van der Waals surface area contributed by atoms with E-state index in [0.29, 0.717) is 0 Å². The first-order chi connectivity index (χ1) is 7.11. The zero-order chi connectivity index (χ0) is 11.3. The van der Waals surface area contributed by atoms with Gasteiger partial charge in [0.05, 0.1) is 0 Å². The summed E-state index contributed by atoms with van der Waals surface area (Å²) in [4.78, 5) is 0. The molecule has 15 heavy (non-hydrogen) atoms. The van der Waals surface area contributed by atoms with Crippen molar-refractivity contribution in [2.24, 2.45) is 22.9 Å². The van der Waals surface area contributed by atoms with Gasteiger partial charge in [-0.15, -0.1) is 0 Å². The lowest BCUT2D eigenvalue weighted by Gasteiger charge is -2.43. The first-order valence-electron chi connectivity index (χ1n) is 6.11. The van der Waals surface area contributed by atoms with Crippen LogP contribution in [0.5, 0.6) is 0 Å². The fourth-order valence-electron chi connectivity index (χ4n) is 2.49. The highest BCUT2D eigenvalue weighted by Gasteiger charge is 2.39. The van der Waals surface area contributed by atoms with Crippen LogP contribution < -0.4 is 22.9 Å². The fraction of sp³-hybridized carbons (Fsp3) is 1.00. The van der Waals surface area contributed by atoms with Crippen molar-refractivity contribution < 1.29 is 0 Å². The highest BCUT2D eigenvalue weighted by atomic mass is 14.9. The lowest BCUT2D eigenvalue weighted by atomic mass is 9.72. The van der Waals surface area contributed by atoms with Crippen LogP contribution in [0, 0.1) is 0 Å². The molecule has 1 rings (SSSR count). The normalized spacial score (nSPS) is 34.0. The van der Waals surface area contributed by atoms with E-state index in [1.165, 1.54) is 6.42 Å². The van der Waals surface area contributed by atoms with E-state index in [9.17, 15) is 0 Å². The maximum atomic E-state index is 6.35. The molecule has 0 aliphatic heterocycles. The molecule has 0 aromatic rings. The number of rotatable bonds is 5. The Kier molecular flexibility index (Phi) is 4.99. The van der Waals surface area contributed by atoms with E-state index in [0.717, 1.165) is 45.1 Å². The van der Waals surface area contributed by atoms with Crippen molar-refractivity contribution in [2.75, 3.05) is 6.54 Å². The molecule has 8 N–H and O–H groups in total. The number of unbranched alkanes of at least 4 members (excludes halogenated alkanes) is 1. The van der Waals surface area contributed by atoms with Gasteiger partial charge >= 0.3 is 0 Å². The Morgan fingerprint density at radius 2 is 2.00 bits per heavy atom. The van der Waals surface area contributed by atoms with Crippen molar-refractivity contribution >= 4 is 0 Å². The van der Waals surface area contributed by atoms with Crippen molar-refractivity contribution in [3.8, 4) is 0 Å². The third kappa shape index (κ3) is 3.14. The molecular formula is C11H26N4. The maximum absolute atomic E-state index is 6.35. The summed E-state index contributed by atoms with van der Waals surface area (Å²) in [6, 6.07) is 0.0958. The average molecular weight is 214 g/mol. The predicted molar refractivity (Wildman–Crippen MR) is 64.2 cm³/mol. The lowest BCUT2D eigenvalue weighted by Crippen LogP contribution is -2.66. The minimum Gasteiger partial charge on any atom is -0.330 e. The Morgan fingerprint density at radius 3 is 2.60 bits per heavy atom. The third-order valence-electron chi connectivity index (χ3n) is 3.72. The van der Waals surface area contributed by atoms with Crippen LogP contribution in [0.2, 0.25) is 0 Å². The Bertz CT molecular complexity index is 185. The van der Waals surface area contributed by atoms with Crippen LogP contribution in [0.3, 0.4) is 0 Å². The highest BCUT2D eigenvalue weighted by Crippen LogP contribution is 2.29. The van der Waals surface area contributed by atoms with Crippen molar-refractivity contribution in [1.29, 1.82) is 0 Å². The third-order valence-corrected chi connectivity index (χ3v) is 3.72. The van der Waals surface area contributed by atoms with E-state index in [1.54, 1.807) is 0 Å². The minimum absolute atomic E-state index is 0.0272. The Morgan fingerprint density at radius 1 is 1.27 bits per heavy atom. The van der Waals surface area contributed by atoms with E-state index in [4.69, 9.17) is 22.9 Å². The zero-order valence-electron chi connectivity index (χ0n) is 9.62. The smallest absolute Gasteiger partial charge is 0.0461 e. The molecule has 90 valence electrons. The number of hydrogen-bond donors (Lipinski definition) is 4. The summed E-state index contributed by atoms with van der Waals surface area (Å²) in [7, 11) is 0. The van der Waals surface area contributed by atoms with Gasteiger partial charge in [-0.25, -0.2) is 0 Å². The summed E-state index contributed by atoms with van der Waals surface area (Å²) in [5.74, 6) is 0. The monoisotopic (exact) mass is 214 g/mol. The van der Waals surface area contributed by atoms with Gasteiger partial charge in [0.25, 0.3) is 0 Å². The van der Waals surface area contributed by atoms with E-state index in [-0.39, 0.29) is 17.6 Å². The van der Waals surface area contributed by atoms with Gasteiger partial charge in [-0.2, -0.15) is 0 Å². The van der Waals surface area contributed by atoms with Crippen LogP contribution in [-0.2, 0) is 0 Å². The highest BCUT2D eigenvalue weighted by molar-refractivity contribution is 5.04. The summed E-state index contributed by atoms with van der Waals surface area (Å²) < 4.78 is 0. The zero-order valence-corrected chi connectivity index (χ0v) is 9.62. The Hall–Kier alpha value is -0.160. The molecule has 4 heteroatoms. The largest absolute Gasteiger partial charge is 0.330 e. The Balaban J connectivity index is 2.43. The quantitative estimate of drug-likeness (QED) is 0.485. The van der Waals surface area contributed by atoms with Crippen molar-refractivity contribution in [1.82, 2.24) is 0 Å². The molecule has 1 aliphatic carbocycles. The van der Waals surface area contributed by atoms with Gasteiger partial charge in [0.15, 0.2) is 0 Å². The summed E-state index contributed by atoms with van der Waals surface area (Å²) in [5.41, 5.74) is 23.7. The minimum atomic E-state index is -0.340. The van der Waals surface area contributed by atoms with Gasteiger partial charge in [0.2, 0.25) is 0 Å². The van der Waals surface area contributed by atoms with Crippen molar-refractivity contribution in [3.63, 3.8) is 0 Å². The van der Waals surface area contributed by atoms with Crippen molar-refractivity contribution in [3.05, 3.63) is 0 Å². The molecule has 3 atom stereocenters. The van der Waals surface area contributed by atoms with Crippen LogP contribution >= 0.6 is 0 Å². The Labute approximate surface area is 92.7 Å². The lowest BCUT2D eigenvalue weighted by molar-refractivity contribution is 0.202. The molecule has 0 spiro atoms. The van der Waals surface area contributed by atoms with Gasteiger partial charge in [-0.3, -0.25) is 0 Å². The number of nitrogens with two attached hydrogens (primary N) is 4. The van der Waals surface area contributed by atoms with Crippen LogP contribution in [0.1, 0.15) is 44.9 Å². The summed E-state index contributed by atoms with van der Waals surface area (Å²) in [6.07, 6.45) is 7.37. The molecular weight excluding hydrogens is 188 g/mol. The van der Waals surface area contributed by atoms with E-state index in [1.807, 2.05) is 0 Å². The maximum Gasteiger partial charge on any atom is 0.0461 e. The molecule has 0 radical (unpaired) electrons. The van der Waals surface area contributed by atoms with E-state index < -0.39 is 0 Å². The SMILES string of the molecule is NCCCCC(N)C1(N)CCCCC1N. The molecule has 0 aromatic carbocycles. The molecule has 0 bridgehead atoms. The molecule has 0 aromatic heterocycles. The second-order valence-electron chi connectivity index (χ2n) is 4.86. The van der Waals surface area contributed by atoms with Crippen LogP contribution in [0.4, 0.5) is 0 Å². The summed E-state index contributed by atoms with van der Waals surface area (Å²) in [6.45, 7) is 0.732. The topological polar surface area (TPSA) is 104 Å². The second-order valence-corrected chi connectivity index (χ2v) is 4.86. The fourth-order valence-corrected chi connectivity index (χ4v) is 2.49. The van der Waals surface area contributed by atoms with Gasteiger partial charge < -0.3 is 22.9 Å². The van der Waals surface area contributed by atoms with E-state index in [2.05, 4.69) is 0 Å². The van der Waals surface area contributed by atoms with Gasteiger partial charge in [0.1, 0.15) is 0 Å². The van der Waals surface area contributed by atoms with Crippen LogP contribution in [0.25, 0.3) is 0 Å². The molecule has 1 saturated carbocycles. The first kappa shape index (κ1) is 12.9. The average Bonchev–Trinajstić information content (AvgIpc) is 2.23. The van der Waals surface area contributed by atoms with E-state index >= 15 is 0 Å². The molecule has 3 unspecified atom stereocenters. The second kappa shape index (κ2) is 5.80. The van der Waals surface area contributed by atoms with Crippen LogP contribution in [-0.4, -0.2) is 24.2 Å².